The Bertz CT molecular complexity index is 460. The van der Waals surface area contributed by atoms with E-state index in [2.05, 4.69) is 13.8 Å². The van der Waals surface area contributed by atoms with Crippen LogP contribution in [0.3, 0.4) is 0 Å². The van der Waals surface area contributed by atoms with Gasteiger partial charge in [-0.25, -0.2) is 0 Å². The van der Waals surface area contributed by atoms with Crippen LogP contribution < -0.4 is 0 Å². The van der Waals surface area contributed by atoms with Crippen molar-refractivity contribution in [3.05, 3.63) is 11.3 Å². The molecule has 0 spiro atoms. The van der Waals surface area contributed by atoms with E-state index in [-0.39, 0.29) is 23.6 Å². The molecule has 1 fully saturated rings. The summed E-state index contributed by atoms with van der Waals surface area (Å²) < 4.78 is 10.8. The smallest absolute Gasteiger partial charge is 0.310 e. The summed E-state index contributed by atoms with van der Waals surface area (Å²) >= 11 is 0. The topological polar surface area (TPSA) is 52.6 Å². The highest BCUT2D eigenvalue weighted by atomic mass is 16.7. The molecule has 0 N–H and O–H groups in total. The van der Waals surface area contributed by atoms with Crippen LogP contribution in [-0.2, 0) is 19.1 Å². The molecular formula is C13H16O4. The molecule has 3 rings (SSSR count). The van der Waals surface area contributed by atoms with Gasteiger partial charge in [0, 0.05) is 18.4 Å². The summed E-state index contributed by atoms with van der Waals surface area (Å²) in [5, 5.41) is 0. The lowest BCUT2D eigenvalue weighted by atomic mass is 9.69. The molecule has 2 atom stereocenters. The summed E-state index contributed by atoms with van der Waals surface area (Å²) in [6, 6.07) is 0. The van der Waals surface area contributed by atoms with E-state index < -0.39 is 11.7 Å². The third-order valence-electron chi connectivity index (χ3n) is 3.93. The molecule has 0 amide bonds. The minimum absolute atomic E-state index is 0.0606. The van der Waals surface area contributed by atoms with Crippen LogP contribution in [0.1, 0.15) is 40.0 Å². The van der Waals surface area contributed by atoms with Gasteiger partial charge in [-0.3, -0.25) is 9.59 Å². The van der Waals surface area contributed by atoms with Crippen molar-refractivity contribution >= 4 is 11.8 Å². The van der Waals surface area contributed by atoms with Crippen LogP contribution in [0, 0.1) is 10.8 Å². The van der Waals surface area contributed by atoms with E-state index >= 15 is 0 Å². The van der Waals surface area contributed by atoms with E-state index in [0.29, 0.717) is 12.0 Å². The predicted molar refractivity (Wildman–Crippen MR) is 58.7 cm³/mol. The number of carbonyl (C=O) groups is 2. The van der Waals surface area contributed by atoms with Crippen molar-refractivity contribution in [1.29, 1.82) is 0 Å². The Balaban J connectivity index is 2.05. The fourth-order valence-corrected chi connectivity index (χ4v) is 3.17. The number of esters is 1. The van der Waals surface area contributed by atoms with E-state index in [1.165, 1.54) is 0 Å². The Morgan fingerprint density at radius 3 is 2.47 bits per heavy atom. The summed E-state index contributed by atoms with van der Waals surface area (Å²) in [7, 11) is 0. The monoisotopic (exact) mass is 236 g/mol. The van der Waals surface area contributed by atoms with Crippen LogP contribution in [0.15, 0.2) is 11.3 Å². The van der Waals surface area contributed by atoms with Crippen LogP contribution in [0.4, 0.5) is 0 Å². The first-order valence-corrected chi connectivity index (χ1v) is 5.95. The quantitative estimate of drug-likeness (QED) is 0.603. The first kappa shape index (κ1) is 10.8. The lowest BCUT2D eigenvalue weighted by Gasteiger charge is -2.30. The third kappa shape index (κ3) is 1.36. The Morgan fingerprint density at radius 2 is 1.76 bits per heavy atom. The lowest BCUT2D eigenvalue weighted by Crippen LogP contribution is -2.32. The summed E-state index contributed by atoms with van der Waals surface area (Å²) in [4.78, 5) is 23.6. The number of allylic oxidation sites excluding steroid dienone is 1. The zero-order valence-corrected chi connectivity index (χ0v) is 10.3. The van der Waals surface area contributed by atoms with Gasteiger partial charge in [-0.15, -0.1) is 0 Å². The van der Waals surface area contributed by atoms with Crippen LogP contribution in [-0.4, -0.2) is 18.0 Å². The van der Waals surface area contributed by atoms with E-state index in [0.717, 1.165) is 12.2 Å². The van der Waals surface area contributed by atoms with E-state index in [1.54, 1.807) is 0 Å². The van der Waals surface area contributed by atoms with Gasteiger partial charge in [0.05, 0.1) is 11.8 Å². The van der Waals surface area contributed by atoms with Crippen molar-refractivity contribution in [3.63, 3.8) is 0 Å². The fourth-order valence-electron chi connectivity index (χ4n) is 3.17. The SMILES string of the molecule is CC1(C)CC(=O)C2=C(C1)O[C@H]1OC(=O)C[C@@]21C. The molecule has 0 aromatic rings. The van der Waals surface area contributed by atoms with Gasteiger partial charge >= 0.3 is 5.97 Å². The Morgan fingerprint density at radius 1 is 1.06 bits per heavy atom. The van der Waals surface area contributed by atoms with E-state index in [9.17, 15) is 9.59 Å². The second kappa shape index (κ2) is 2.92. The van der Waals surface area contributed by atoms with Crippen molar-refractivity contribution < 1.29 is 19.1 Å². The molecule has 0 radical (unpaired) electrons. The van der Waals surface area contributed by atoms with Crippen LogP contribution >= 0.6 is 0 Å². The average molecular weight is 236 g/mol. The number of fused-ring (bicyclic) bond motifs is 2. The molecule has 0 aromatic carbocycles. The molecule has 1 saturated heterocycles. The van der Waals surface area contributed by atoms with Crippen LogP contribution in [0.2, 0.25) is 0 Å². The first-order valence-electron chi connectivity index (χ1n) is 5.95. The van der Waals surface area contributed by atoms with Gasteiger partial charge in [-0.1, -0.05) is 13.8 Å². The maximum absolute atomic E-state index is 12.2. The van der Waals surface area contributed by atoms with Gasteiger partial charge < -0.3 is 9.47 Å². The highest BCUT2D eigenvalue weighted by Crippen LogP contribution is 2.55. The maximum Gasteiger partial charge on any atom is 0.310 e. The molecule has 92 valence electrons. The molecule has 3 aliphatic rings. The van der Waals surface area contributed by atoms with Gasteiger partial charge in [0.1, 0.15) is 5.76 Å². The minimum Gasteiger partial charge on any atom is -0.458 e. The average Bonchev–Trinajstić information content (AvgIpc) is 2.49. The molecule has 2 aliphatic heterocycles. The summed E-state index contributed by atoms with van der Waals surface area (Å²) in [5.41, 5.74) is 0.0854. The number of ether oxygens (including phenoxy) is 2. The van der Waals surface area contributed by atoms with Crippen molar-refractivity contribution in [1.82, 2.24) is 0 Å². The third-order valence-corrected chi connectivity index (χ3v) is 3.93. The molecule has 2 heterocycles. The second-order valence-corrected chi connectivity index (χ2v) is 6.27. The van der Waals surface area contributed by atoms with E-state index in [1.807, 2.05) is 6.92 Å². The van der Waals surface area contributed by atoms with E-state index in [4.69, 9.17) is 9.47 Å². The Hall–Kier alpha value is -1.32. The van der Waals surface area contributed by atoms with Gasteiger partial charge in [-0.2, -0.15) is 0 Å². The van der Waals surface area contributed by atoms with Crippen molar-refractivity contribution in [2.75, 3.05) is 0 Å². The standard InChI is InChI=1S/C13H16O4/c1-12(2)4-7(14)10-8(5-12)16-11-13(10,3)6-9(15)17-11/h11H,4-6H2,1-3H3/t11-,13-/m0/s1. The summed E-state index contributed by atoms with van der Waals surface area (Å²) in [5.74, 6) is 0.576. The molecule has 0 aromatic heterocycles. The minimum atomic E-state index is -0.585. The fraction of sp³-hybridized carbons (Fsp3) is 0.692. The number of rotatable bonds is 0. The Labute approximate surface area is 100.0 Å². The number of hydrogen-bond acceptors (Lipinski definition) is 4. The number of hydrogen-bond donors (Lipinski definition) is 0. The van der Waals surface area contributed by atoms with Gasteiger partial charge in [0.25, 0.3) is 6.29 Å². The molecule has 17 heavy (non-hydrogen) atoms. The van der Waals surface area contributed by atoms with Gasteiger partial charge in [0.15, 0.2) is 5.78 Å². The van der Waals surface area contributed by atoms with Gasteiger partial charge in [0.2, 0.25) is 0 Å². The second-order valence-electron chi connectivity index (χ2n) is 6.27. The molecule has 4 nitrogen and oxygen atoms in total. The highest BCUT2D eigenvalue weighted by Gasteiger charge is 2.59. The molecule has 0 bridgehead atoms. The molecule has 1 aliphatic carbocycles. The number of Topliss-reactive ketones (excluding diaryl/α,β-unsaturated/α-hetero) is 1. The lowest BCUT2D eigenvalue weighted by molar-refractivity contribution is -0.159. The van der Waals surface area contributed by atoms with Crippen molar-refractivity contribution in [2.45, 2.75) is 46.3 Å². The normalized spacial score (nSPS) is 38.6. The zero-order chi connectivity index (χ0) is 12.4. The van der Waals surface area contributed by atoms with Crippen molar-refractivity contribution in [3.8, 4) is 0 Å². The predicted octanol–water partition coefficient (Wildman–Crippen LogP) is 1.94. The first-order chi connectivity index (χ1) is 7.82. The van der Waals surface area contributed by atoms with Gasteiger partial charge in [-0.05, 0) is 12.3 Å². The molecule has 0 saturated carbocycles. The zero-order valence-electron chi connectivity index (χ0n) is 10.3. The maximum atomic E-state index is 12.2. The molecule has 4 heteroatoms. The van der Waals surface area contributed by atoms with Crippen molar-refractivity contribution in [2.24, 2.45) is 10.8 Å². The molecule has 0 unspecified atom stereocenters. The highest BCUT2D eigenvalue weighted by molar-refractivity contribution is 6.00. The summed E-state index contributed by atoms with van der Waals surface area (Å²) in [6.45, 7) is 6.00. The summed E-state index contributed by atoms with van der Waals surface area (Å²) in [6.07, 6.45) is 0.935. The molecular weight excluding hydrogens is 220 g/mol. The van der Waals surface area contributed by atoms with Crippen LogP contribution in [0.25, 0.3) is 0 Å². The largest absolute Gasteiger partial charge is 0.458 e. The Kier molecular flexibility index (Phi) is 1.86. The number of ketones is 1. The van der Waals surface area contributed by atoms with Crippen LogP contribution in [0.5, 0.6) is 0 Å². The number of carbonyl (C=O) groups excluding carboxylic acids is 2.